The van der Waals surface area contributed by atoms with Gasteiger partial charge in [0.25, 0.3) is 0 Å². The highest BCUT2D eigenvalue weighted by molar-refractivity contribution is 5.39. The van der Waals surface area contributed by atoms with Crippen molar-refractivity contribution in [1.82, 2.24) is 0 Å². The number of rotatable bonds is 5. The van der Waals surface area contributed by atoms with Gasteiger partial charge in [-0.2, -0.15) is 8.78 Å². The van der Waals surface area contributed by atoms with Crippen LogP contribution in [-0.2, 0) is 0 Å². The second-order valence-electron chi connectivity index (χ2n) is 3.70. The van der Waals surface area contributed by atoms with Gasteiger partial charge in [-0.3, -0.25) is 0 Å². The summed E-state index contributed by atoms with van der Waals surface area (Å²) < 4.78 is 33.9. The normalized spacial score (nSPS) is 10.9. The molecule has 0 bridgehead atoms. The van der Waals surface area contributed by atoms with Crippen molar-refractivity contribution in [2.24, 2.45) is 0 Å². The summed E-state index contributed by atoms with van der Waals surface area (Å²) in [6, 6.07) is 4.92. The summed E-state index contributed by atoms with van der Waals surface area (Å²) in [5.41, 5.74) is 0.918. The SMILES string of the molecule is CCOc1cc(OC(F)F)cc(C(C)C)c1. The summed E-state index contributed by atoms with van der Waals surface area (Å²) in [5, 5.41) is 0. The van der Waals surface area contributed by atoms with E-state index in [1.54, 1.807) is 6.07 Å². The molecule has 0 aromatic heterocycles. The third-order valence-corrected chi connectivity index (χ3v) is 2.11. The van der Waals surface area contributed by atoms with Crippen LogP contribution in [0.3, 0.4) is 0 Å². The Hall–Kier alpha value is -1.32. The highest BCUT2D eigenvalue weighted by Gasteiger charge is 2.09. The maximum absolute atomic E-state index is 12.1. The third-order valence-electron chi connectivity index (χ3n) is 2.11. The Morgan fingerprint density at radius 2 is 1.75 bits per heavy atom. The van der Waals surface area contributed by atoms with Crippen LogP contribution in [0.1, 0.15) is 32.3 Å². The van der Waals surface area contributed by atoms with E-state index < -0.39 is 6.61 Å². The molecule has 0 saturated heterocycles. The number of ether oxygens (including phenoxy) is 2. The van der Waals surface area contributed by atoms with Gasteiger partial charge in [0.15, 0.2) is 0 Å². The maximum atomic E-state index is 12.1. The quantitative estimate of drug-likeness (QED) is 0.765. The zero-order chi connectivity index (χ0) is 12.1. The Balaban J connectivity index is 2.98. The molecule has 0 aliphatic carbocycles. The van der Waals surface area contributed by atoms with E-state index in [9.17, 15) is 8.78 Å². The minimum atomic E-state index is -2.81. The van der Waals surface area contributed by atoms with Gasteiger partial charge < -0.3 is 9.47 Å². The number of halogens is 2. The molecule has 16 heavy (non-hydrogen) atoms. The van der Waals surface area contributed by atoms with Crippen molar-refractivity contribution in [3.8, 4) is 11.5 Å². The molecular weight excluding hydrogens is 214 g/mol. The molecule has 0 atom stereocenters. The van der Waals surface area contributed by atoms with Crippen molar-refractivity contribution < 1.29 is 18.3 Å². The lowest BCUT2D eigenvalue weighted by Gasteiger charge is -2.12. The van der Waals surface area contributed by atoms with Crippen LogP contribution in [-0.4, -0.2) is 13.2 Å². The molecule has 0 saturated carbocycles. The molecule has 2 nitrogen and oxygen atoms in total. The summed E-state index contributed by atoms with van der Waals surface area (Å²) in [7, 11) is 0. The number of alkyl halides is 2. The number of benzene rings is 1. The van der Waals surface area contributed by atoms with Gasteiger partial charge in [-0.05, 0) is 30.5 Å². The lowest BCUT2D eigenvalue weighted by molar-refractivity contribution is -0.0499. The van der Waals surface area contributed by atoms with Gasteiger partial charge in [-0.1, -0.05) is 13.8 Å². The topological polar surface area (TPSA) is 18.5 Å². The molecular formula is C12H16F2O2. The number of hydrogen-bond donors (Lipinski definition) is 0. The Morgan fingerprint density at radius 3 is 2.25 bits per heavy atom. The fourth-order valence-corrected chi connectivity index (χ4v) is 1.35. The largest absolute Gasteiger partial charge is 0.494 e. The molecule has 1 rings (SSSR count). The van der Waals surface area contributed by atoms with Crippen molar-refractivity contribution >= 4 is 0 Å². The van der Waals surface area contributed by atoms with Crippen LogP contribution in [0.5, 0.6) is 11.5 Å². The van der Waals surface area contributed by atoms with Gasteiger partial charge in [0.1, 0.15) is 11.5 Å². The smallest absolute Gasteiger partial charge is 0.387 e. The Bertz CT molecular complexity index is 338. The van der Waals surface area contributed by atoms with Crippen LogP contribution in [0.15, 0.2) is 18.2 Å². The fourth-order valence-electron chi connectivity index (χ4n) is 1.35. The van der Waals surface area contributed by atoms with Crippen LogP contribution in [0.4, 0.5) is 8.78 Å². The lowest BCUT2D eigenvalue weighted by Crippen LogP contribution is -2.03. The van der Waals surface area contributed by atoms with Gasteiger partial charge in [-0.25, -0.2) is 0 Å². The first-order chi connectivity index (χ1) is 7.52. The van der Waals surface area contributed by atoms with Gasteiger partial charge in [0.2, 0.25) is 0 Å². The highest BCUT2D eigenvalue weighted by Crippen LogP contribution is 2.28. The molecule has 4 heteroatoms. The first kappa shape index (κ1) is 12.7. The predicted molar refractivity (Wildman–Crippen MR) is 58.3 cm³/mol. The first-order valence-corrected chi connectivity index (χ1v) is 5.25. The molecule has 0 fully saturated rings. The average molecular weight is 230 g/mol. The van der Waals surface area contributed by atoms with Gasteiger partial charge in [0, 0.05) is 6.07 Å². The standard InChI is InChI=1S/C12H16F2O2/c1-4-15-10-5-9(8(2)3)6-11(7-10)16-12(13)14/h5-8,12H,4H2,1-3H3. The van der Waals surface area contributed by atoms with Gasteiger partial charge in [-0.15, -0.1) is 0 Å². The van der Waals surface area contributed by atoms with E-state index in [1.807, 2.05) is 26.8 Å². The lowest BCUT2D eigenvalue weighted by atomic mass is 10.0. The van der Waals surface area contributed by atoms with Crippen molar-refractivity contribution in [1.29, 1.82) is 0 Å². The Morgan fingerprint density at radius 1 is 1.12 bits per heavy atom. The molecule has 0 heterocycles. The molecule has 0 aliphatic heterocycles. The number of hydrogen-bond acceptors (Lipinski definition) is 2. The van der Waals surface area contributed by atoms with E-state index in [0.717, 1.165) is 5.56 Å². The van der Waals surface area contributed by atoms with E-state index >= 15 is 0 Å². The molecule has 0 spiro atoms. The van der Waals surface area contributed by atoms with Crippen molar-refractivity contribution in [2.45, 2.75) is 33.3 Å². The van der Waals surface area contributed by atoms with E-state index in [2.05, 4.69) is 4.74 Å². The van der Waals surface area contributed by atoms with E-state index in [0.29, 0.717) is 12.4 Å². The molecule has 1 aromatic rings. The predicted octanol–water partition coefficient (Wildman–Crippen LogP) is 3.81. The first-order valence-electron chi connectivity index (χ1n) is 5.25. The van der Waals surface area contributed by atoms with Crippen LogP contribution < -0.4 is 9.47 Å². The van der Waals surface area contributed by atoms with Gasteiger partial charge >= 0.3 is 6.61 Å². The summed E-state index contributed by atoms with van der Waals surface area (Å²) >= 11 is 0. The maximum Gasteiger partial charge on any atom is 0.387 e. The minimum Gasteiger partial charge on any atom is -0.494 e. The monoisotopic (exact) mass is 230 g/mol. The molecule has 0 aliphatic rings. The third kappa shape index (κ3) is 3.68. The molecule has 0 radical (unpaired) electrons. The Labute approximate surface area is 94.2 Å². The van der Waals surface area contributed by atoms with Crippen LogP contribution in [0.25, 0.3) is 0 Å². The molecule has 0 amide bonds. The van der Waals surface area contributed by atoms with Crippen LogP contribution in [0.2, 0.25) is 0 Å². The second kappa shape index (κ2) is 5.68. The summed E-state index contributed by atoms with van der Waals surface area (Å²) in [6.07, 6.45) is 0. The highest BCUT2D eigenvalue weighted by atomic mass is 19.3. The molecule has 1 aromatic carbocycles. The zero-order valence-corrected chi connectivity index (χ0v) is 9.67. The van der Waals surface area contributed by atoms with Crippen molar-refractivity contribution in [3.05, 3.63) is 23.8 Å². The van der Waals surface area contributed by atoms with Crippen molar-refractivity contribution in [2.75, 3.05) is 6.61 Å². The average Bonchev–Trinajstić information content (AvgIpc) is 2.16. The zero-order valence-electron chi connectivity index (χ0n) is 9.67. The second-order valence-corrected chi connectivity index (χ2v) is 3.70. The van der Waals surface area contributed by atoms with E-state index in [4.69, 9.17) is 4.74 Å². The van der Waals surface area contributed by atoms with E-state index in [-0.39, 0.29) is 11.7 Å². The summed E-state index contributed by atoms with van der Waals surface area (Å²) in [4.78, 5) is 0. The summed E-state index contributed by atoms with van der Waals surface area (Å²) in [5.74, 6) is 0.939. The van der Waals surface area contributed by atoms with Crippen molar-refractivity contribution in [3.63, 3.8) is 0 Å². The summed E-state index contributed by atoms with van der Waals surface area (Å²) in [6.45, 7) is 3.50. The van der Waals surface area contributed by atoms with Crippen LogP contribution >= 0.6 is 0 Å². The fraction of sp³-hybridized carbons (Fsp3) is 0.500. The molecule has 90 valence electrons. The molecule has 0 unspecified atom stereocenters. The van der Waals surface area contributed by atoms with E-state index in [1.165, 1.54) is 6.07 Å². The van der Waals surface area contributed by atoms with Gasteiger partial charge in [0.05, 0.1) is 6.61 Å². The molecule has 0 N–H and O–H groups in total. The Kier molecular flexibility index (Phi) is 4.52. The minimum absolute atomic E-state index is 0.143. The van der Waals surface area contributed by atoms with Crippen LogP contribution in [0, 0.1) is 0 Å².